The van der Waals surface area contributed by atoms with Crippen molar-refractivity contribution in [2.45, 2.75) is 13.8 Å². The highest BCUT2D eigenvalue weighted by atomic mass is 16.1. The van der Waals surface area contributed by atoms with Gasteiger partial charge in [0.1, 0.15) is 0 Å². The van der Waals surface area contributed by atoms with Crippen LogP contribution < -0.4 is 0 Å². The molecule has 0 atom stereocenters. The Balaban J connectivity index is 3.20. The molecule has 1 amide bonds. The zero-order valence-corrected chi connectivity index (χ0v) is 7.48. The highest BCUT2D eigenvalue weighted by molar-refractivity contribution is 5.96. The van der Waals surface area contributed by atoms with Crippen LogP contribution in [0.25, 0.3) is 10.4 Å². The van der Waals surface area contributed by atoms with Crippen molar-refractivity contribution in [3.8, 4) is 0 Å². The van der Waals surface area contributed by atoms with Crippen molar-refractivity contribution >= 4 is 5.91 Å². The molecule has 0 saturated heterocycles. The normalized spacial score (nSPS) is 9.08. The Bertz CT molecular complexity index is 392. The number of azide groups is 1. The van der Waals surface area contributed by atoms with E-state index in [4.69, 9.17) is 5.53 Å². The maximum absolute atomic E-state index is 11.2. The van der Waals surface area contributed by atoms with Crippen LogP contribution in [0.3, 0.4) is 0 Å². The molecule has 0 bridgehead atoms. The lowest BCUT2D eigenvalue weighted by atomic mass is 10.1. The van der Waals surface area contributed by atoms with Crippen LogP contribution in [0.2, 0.25) is 0 Å². The second kappa shape index (κ2) is 3.74. The molecule has 1 aromatic rings. The predicted molar refractivity (Wildman–Crippen MR) is 49.4 cm³/mol. The van der Waals surface area contributed by atoms with Gasteiger partial charge in [0.15, 0.2) is 0 Å². The summed E-state index contributed by atoms with van der Waals surface area (Å²) in [5, 5.41) is 3.04. The van der Waals surface area contributed by atoms with Gasteiger partial charge in [-0.2, -0.15) is 0 Å². The molecule has 0 aromatic heterocycles. The summed E-state index contributed by atoms with van der Waals surface area (Å²) < 4.78 is 0. The molecule has 66 valence electrons. The van der Waals surface area contributed by atoms with E-state index in [1.807, 2.05) is 19.1 Å². The van der Waals surface area contributed by atoms with Gasteiger partial charge in [-0.05, 0) is 36.1 Å². The van der Waals surface area contributed by atoms with Gasteiger partial charge in [-0.25, -0.2) is 0 Å². The topological polar surface area (TPSA) is 65.8 Å². The van der Waals surface area contributed by atoms with E-state index in [1.165, 1.54) is 0 Å². The van der Waals surface area contributed by atoms with Crippen molar-refractivity contribution in [3.63, 3.8) is 0 Å². The molecule has 13 heavy (non-hydrogen) atoms. The van der Waals surface area contributed by atoms with E-state index in [0.29, 0.717) is 5.56 Å². The minimum atomic E-state index is -0.524. The van der Waals surface area contributed by atoms with E-state index < -0.39 is 5.91 Å². The Morgan fingerprint density at radius 3 is 2.77 bits per heavy atom. The summed E-state index contributed by atoms with van der Waals surface area (Å²) in [6, 6.07) is 5.45. The SMILES string of the molecule is Cc1ccc(C)c(C(=O)N=[N+]=[N-])c1. The summed E-state index contributed by atoms with van der Waals surface area (Å²) in [5.74, 6) is -0.524. The number of aryl methyl sites for hydroxylation is 2. The number of carbonyl (C=O) groups is 1. The Labute approximate surface area is 75.8 Å². The monoisotopic (exact) mass is 175 g/mol. The first-order valence-corrected chi connectivity index (χ1v) is 3.82. The molecule has 0 heterocycles. The number of nitrogens with zero attached hydrogens (tertiary/aromatic N) is 3. The van der Waals surface area contributed by atoms with E-state index in [-0.39, 0.29) is 0 Å². The predicted octanol–water partition coefficient (Wildman–Crippen LogP) is 2.75. The maximum Gasteiger partial charge on any atom is 0.249 e. The fourth-order valence-corrected chi connectivity index (χ4v) is 1.06. The van der Waals surface area contributed by atoms with Crippen molar-refractivity contribution in [1.82, 2.24) is 0 Å². The molecule has 1 rings (SSSR count). The zero-order chi connectivity index (χ0) is 9.84. The van der Waals surface area contributed by atoms with Crippen molar-refractivity contribution in [2.24, 2.45) is 5.11 Å². The molecule has 0 N–H and O–H groups in total. The highest BCUT2D eigenvalue weighted by Gasteiger charge is 2.05. The van der Waals surface area contributed by atoms with Crippen molar-refractivity contribution in [1.29, 1.82) is 0 Å². The Hall–Kier alpha value is -1.80. The van der Waals surface area contributed by atoms with Gasteiger partial charge >= 0.3 is 0 Å². The Kier molecular flexibility index (Phi) is 2.67. The second-order valence-electron chi connectivity index (χ2n) is 2.81. The molecular formula is C9H9N3O. The number of benzene rings is 1. The molecular weight excluding hydrogens is 166 g/mol. The summed E-state index contributed by atoms with van der Waals surface area (Å²) in [4.78, 5) is 13.7. The van der Waals surface area contributed by atoms with Crippen LogP contribution in [0.1, 0.15) is 21.5 Å². The van der Waals surface area contributed by atoms with Gasteiger partial charge in [0.05, 0.1) is 0 Å². The van der Waals surface area contributed by atoms with Crippen molar-refractivity contribution < 1.29 is 4.79 Å². The highest BCUT2D eigenvalue weighted by Crippen LogP contribution is 2.11. The average molecular weight is 175 g/mol. The van der Waals surface area contributed by atoms with Gasteiger partial charge < -0.3 is 0 Å². The zero-order valence-electron chi connectivity index (χ0n) is 7.48. The van der Waals surface area contributed by atoms with Crippen molar-refractivity contribution in [3.05, 3.63) is 45.3 Å². The Morgan fingerprint density at radius 2 is 2.15 bits per heavy atom. The third-order valence-electron chi connectivity index (χ3n) is 1.76. The minimum Gasteiger partial charge on any atom is -0.287 e. The molecule has 0 aliphatic heterocycles. The molecule has 4 heteroatoms. The van der Waals surface area contributed by atoms with Gasteiger partial charge in [0, 0.05) is 10.5 Å². The number of hydrogen-bond acceptors (Lipinski definition) is 1. The van der Waals surface area contributed by atoms with E-state index >= 15 is 0 Å². The van der Waals surface area contributed by atoms with E-state index in [1.54, 1.807) is 13.0 Å². The lowest BCUT2D eigenvalue weighted by molar-refractivity contribution is 0.0999. The summed E-state index contributed by atoms with van der Waals surface area (Å²) >= 11 is 0. The lowest BCUT2D eigenvalue weighted by Gasteiger charge is -2.01. The minimum absolute atomic E-state index is 0.470. The fraction of sp³-hybridized carbons (Fsp3) is 0.222. The number of hydrogen-bond donors (Lipinski definition) is 0. The first kappa shape index (κ1) is 9.29. The third-order valence-corrected chi connectivity index (χ3v) is 1.76. The van der Waals surface area contributed by atoms with Crippen LogP contribution >= 0.6 is 0 Å². The second-order valence-corrected chi connectivity index (χ2v) is 2.81. The maximum atomic E-state index is 11.2. The number of carbonyl (C=O) groups excluding carboxylic acids is 1. The van der Waals surface area contributed by atoms with Crippen LogP contribution in [0.15, 0.2) is 23.3 Å². The summed E-state index contributed by atoms with van der Waals surface area (Å²) in [6.07, 6.45) is 0. The van der Waals surface area contributed by atoms with Gasteiger partial charge in [-0.15, -0.1) is 0 Å². The van der Waals surface area contributed by atoms with Crippen molar-refractivity contribution in [2.75, 3.05) is 0 Å². The summed E-state index contributed by atoms with van der Waals surface area (Å²) in [5.41, 5.74) is 10.4. The number of amides is 1. The van der Waals surface area contributed by atoms with Gasteiger partial charge in [0.25, 0.3) is 0 Å². The average Bonchev–Trinajstić information content (AvgIpc) is 2.09. The molecule has 4 nitrogen and oxygen atoms in total. The molecule has 0 fully saturated rings. The molecule has 0 radical (unpaired) electrons. The van der Waals surface area contributed by atoms with E-state index in [0.717, 1.165) is 11.1 Å². The number of rotatable bonds is 1. The van der Waals surface area contributed by atoms with E-state index in [2.05, 4.69) is 10.0 Å². The standard InChI is InChI=1S/C9H9N3O/c1-6-3-4-7(2)8(5-6)9(13)11-12-10/h3-5H,1-2H3. The largest absolute Gasteiger partial charge is 0.287 e. The first-order valence-electron chi connectivity index (χ1n) is 3.82. The first-order chi connectivity index (χ1) is 6.15. The Morgan fingerprint density at radius 1 is 1.46 bits per heavy atom. The van der Waals surface area contributed by atoms with Gasteiger partial charge in [-0.3, -0.25) is 4.79 Å². The smallest absolute Gasteiger partial charge is 0.249 e. The van der Waals surface area contributed by atoms with Crippen LogP contribution in [0, 0.1) is 13.8 Å². The molecule has 0 spiro atoms. The summed E-state index contributed by atoms with van der Waals surface area (Å²) in [6.45, 7) is 3.69. The summed E-state index contributed by atoms with van der Waals surface area (Å²) in [7, 11) is 0. The third kappa shape index (κ3) is 2.07. The molecule has 0 saturated carbocycles. The van der Waals surface area contributed by atoms with E-state index in [9.17, 15) is 4.79 Å². The molecule has 0 aliphatic rings. The van der Waals surface area contributed by atoms with Crippen LogP contribution in [-0.4, -0.2) is 5.91 Å². The molecule has 1 aromatic carbocycles. The van der Waals surface area contributed by atoms with Crippen LogP contribution in [0.5, 0.6) is 0 Å². The quantitative estimate of drug-likeness (QED) is 0.367. The molecule has 0 aliphatic carbocycles. The molecule has 0 unspecified atom stereocenters. The van der Waals surface area contributed by atoms with Gasteiger partial charge in [-0.1, -0.05) is 17.7 Å². The van der Waals surface area contributed by atoms with Crippen LogP contribution in [0.4, 0.5) is 0 Å². The van der Waals surface area contributed by atoms with Gasteiger partial charge in [0.2, 0.25) is 5.91 Å². The van der Waals surface area contributed by atoms with Crippen LogP contribution in [-0.2, 0) is 0 Å². The fourth-order valence-electron chi connectivity index (χ4n) is 1.06. The lowest BCUT2D eigenvalue weighted by Crippen LogP contribution is -1.97.